The summed E-state index contributed by atoms with van der Waals surface area (Å²) < 4.78 is 51.5. The van der Waals surface area contributed by atoms with E-state index in [1.165, 1.54) is 10.4 Å². The minimum atomic E-state index is -3.72. The van der Waals surface area contributed by atoms with Crippen LogP contribution in [0.25, 0.3) is 0 Å². The molecule has 12 heteroatoms. The molecule has 1 aromatic heterocycles. The van der Waals surface area contributed by atoms with Crippen molar-refractivity contribution in [3.05, 3.63) is 40.3 Å². The first-order valence-corrected chi connectivity index (χ1v) is 10.3. The van der Waals surface area contributed by atoms with Gasteiger partial charge in [-0.15, -0.1) is 0 Å². The molecule has 2 aromatic rings. The van der Waals surface area contributed by atoms with E-state index in [0.29, 0.717) is 18.0 Å². The molecule has 2 heterocycles. The van der Waals surface area contributed by atoms with E-state index in [0.717, 1.165) is 23.5 Å². The van der Waals surface area contributed by atoms with Gasteiger partial charge in [0.1, 0.15) is 22.3 Å². The molecule has 0 atom stereocenters. The number of hydrogen-bond donors (Lipinski definition) is 3. The van der Waals surface area contributed by atoms with Crippen LogP contribution in [0.1, 0.15) is 28.1 Å². The van der Waals surface area contributed by atoms with Crippen molar-refractivity contribution in [3.63, 3.8) is 0 Å². The fourth-order valence-corrected chi connectivity index (χ4v) is 4.44. The molecule has 8 nitrogen and oxygen atoms in total. The zero-order valence-corrected chi connectivity index (χ0v) is 15.6. The van der Waals surface area contributed by atoms with Crippen LogP contribution in [0.15, 0.2) is 18.2 Å². The third kappa shape index (κ3) is 4.24. The van der Waals surface area contributed by atoms with Crippen LogP contribution in [0.5, 0.6) is 0 Å². The van der Waals surface area contributed by atoms with Gasteiger partial charge in [0.25, 0.3) is 10.2 Å². The van der Waals surface area contributed by atoms with Crippen LogP contribution >= 0.6 is 11.3 Å². The van der Waals surface area contributed by atoms with Crippen molar-refractivity contribution in [3.8, 4) is 0 Å². The summed E-state index contributed by atoms with van der Waals surface area (Å²) in [5.41, 5.74) is 5.07. The van der Waals surface area contributed by atoms with Gasteiger partial charge in [0, 0.05) is 19.1 Å². The van der Waals surface area contributed by atoms with Crippen molar-refractivity contribution in [1.29, 1.82) is 0 Å². The number of nitrogen functional groups attached to an aromatic ring is 1. The van der Waals surface area contributed by atoms with Gasteiger partial charge in [0.15, 0.2) is 5.13 Å². The van der Waals surface area contributed by atoms with Crippen molar-refractivity contribution in [2.24, 2.45) is 5.14 Å². The minimum Gasteiger partial charge on any atom is -0.382 e. The average molecular weight is 417 g/mol. The maximum absolute atomic E-state index is 13.8. The molecule has 0 amide bonds. The van der Waals surface area contributed by atoms with Crippen molar-refractivity contribution in [2.45, 2.75) is 18.9 Å². The van der Waals surface area contributed by atoms with Gasteiger partial charge in [-0.05, 0) is 25.0 Å². The minimum absolute atomic E-state index is 0.0662. The lowest BCUT2D eigenvalue weighted by Crippen LogP contribution is -2.45. The van der Waals surface area contributed by atoms with Gasteiger partial charge in [-0.3, -0.25) is 4.79 Å². The van der Waals surface area contributed by atoms with E-state index in [4.69, 9.17) is 10.9 Å². The average Bonchev–Trinajstić information content (AvgIpc) is 2.94. The number of nitrogens with zero attached hydrogens (tertiary/aromatic N) is 2. The van der Waals surface area contributed by atoms with E-state index >= 15 is 0 Å². The van der Waals surface area contributed by atoms with Gasteiger partial charge in [0.05, 0.1) is 5.56 Å². The van der Waals surface area contributed by atoms with E-state index in [1.54, 1.807) is 0 Å². The quantitative estimate of drug-likeness (QED) is 0.629. The molecule has 1 saturated heterocycles. The van der Waals surface area contributed by atoms with E-state index in [-0.39, 0.29) is 29.8 Å². The van der Waals surface area contributed by atoms with Crippen molar-refractivity contribution in [1.82, 2.24) is 9.29 Å². The molecule has 1 aliphatic heterocycles. The Hall–Kier alpha value is -2.15. The largest absolute Gasteiger partial charge is 0.382 e. The highest BCUT2D eigenvalue weighted by Crippen LogP contribution is 2.30. The van der Waals surface area contributed by atoms with Crippen molar-refractivity contribution >= 4 is 38.3 Å². The number of halogens is 2. The van der Waals surface area contributed by atoms with Crippen LogP contribution in [-0.2, 0) is 10.2 Å². The predicted molar refractivity (Wildman–Crippen MR) is 97.6 cm³/mol. The number of carbonyl (C=O) groups is 1. The fourth-order valence-electron chi connectivity index (χ4n) is 2.81. The Balaban J connectivity index is 1.73. The lowest BCUT2D eigenvalue weighted by Gasteiger charge is -2.30. The van der Waals surface area contributed by atoms with Crippen molar-refractivity contribution < 1.29 is 22.0 Å². The van der Waals surface area contributed by atoms with E-state index in [2.05, 4.69) is 10.3 Å². The Labute approximate surface area is 158 Å². The normalized spacial score (nSPS) is 16.4. The molecule has 0 spiro atoms. The summed E-state index contributed by atoms with van der Waals surface area (Å²) >= 11 is 0.893. The predicted octanol–water partition coefficient (Wildman–Crippen LogP) is 1.31. The Bertz CT molecular complexity index is 952. The summed E-state index contributed by atoms with van der Waals surface area (Å²) in [4.78, 5) is 16.4. The highest BCUT2D eigenvalue weighted by atomic mass is 32.2. The fraction of sp³-hybridized carbons (Fsp3) is 0.333. The second-order valence-corrected chi connectivity index (χ2v) is 8.57. The highest BCUT2D eigenvalue weighted by molar-refractivity contribution is 7.86. The summed E-state index contributed by atoms with van der Waals surface area (Å²) in [6, 6.07) is 3.05. The Morgan fingerprint density at radius 2 is 1.85 bits per heavy atom. The number of aromatic nitrogens is 1. The molecule has 0 radical (unpaired) electrons. The Morgan fingerprint density at radius 3 is 2.41 bits per heavy atom. The zero-order valence-electron chi connectivity index (χ0n) is 14.0. The van der Waals surface area contributed by atoms with Gasteiger partial charge < -0.3 is 11.1 Å². The maximum atomic E-state index is 13.8. The number of carbonyl (C=O) groups excluding carboxylic acids is 1. The lowest BCUT2D eigenvalue weighted by atomic mass is 10.1. The van der Waals surface area contributed by atoms with Crippen LogP contribution in [0.2, 0.25) is 0 Å². The van der Waals surface area contributed by atoms with Crippen LogP contribution < -0.4 is 16.2 Å². The number of ketones is 1. The second-order valence-electron chi connectivity index (χ2n) is 6.02. The molecule has 1 aromatic carbocycles. The van der Waals surface area contributed by atoms with Gasteiger partial charge in [-0.2, -0.15) is 12.7 Å². The first kappa shape index (κ1) is 19.6. The molecule has 1 fully saturated rings. The monoisotopic (exact) mass is 417 g/mol. The first-order chi connectivity index (χ1) is 12.7. The standard InChI is InChI=1S/C15H17F2N5O3S2/c16-9-2-1-3-10(17)11(9)12(23)13-14(18)21-15(26-13)20-8-4-6-22(7-5-8)27(19,24)25/h1-3,8H,4-7,18H2,(H,20,21)(H2,19,24,25). The van der Waals surface area contributed by atoms with E-state index < -0.39 is 33.2 Å². The van der Waals surface area contributed by atoms with Gasteiger partial charge in [0.2, 0.25) is 5.78 Å². The molecule has 0 bridgehead atoms. The van der Waals surface area contributed by atoms with Crippen LogP contribution in [0.4, 0.5) is 19.7 Å². The third-order valence-electron chi connectivity index (χ3n) is 4.19. The summed E-state index contributed by atoms with van der Waals surface area (Å²) in [7, 11) is -3.72. The molecule has 5 N–H and O–H groups in total. The maximum Gasteiger partial charge on any atom is 0.276 e. The van der Waals surface area contributed by atoms with Crippen LogP contribution in [-0.4, -0.2) is 42.6 Å². The third-order valence-corrected chi connectivity index (χ3v) is 6.28. The summed E-state index contributed by atoms with van der Waals surface area (Å²) in [6.45, 7) is 0.507. The molecule has 3 rings (SSSR count). The molecular formula is C15H17F2N5O3S2. The lowest BCUT2D eigenvalue weighted by molar-refractivity contribution is 0.103. The Morgan fingerprint density at radius 1 is 1.26 bits per heavy atom. The van der Waals surface area contributed by atoms with Crippen LogP contribution in [0, 0.1) is 11.6 Å². The summed E-state index contributed by atoms with van der Waals surface area (Å²) in [6.07, 6.45) is 0.974. The number of hydrogen-bond acceptors (Lipinski definition) is 7. The van der Waals surface area contributed by atoms with Crippen LogP contribution in [0.3, 0.4) is 0 Å². The number of anilines is 2. The SMILES string of the molecule is Nc1nc(NC2CCN(S(N)(=O)=O)CC2)sc1C(=O)c1c(F)cccc1F. The van der Waals surface area contributed by atoms with Gasteiger partial charge in [-0.25, -0.2) is 18.9 Å². The van der Waals surface area contributed by atoms with Gasteiger partial charge >= 0.3 is 0 Å². The highest BCUT2D eigenvalue weighted by Gasteiger charge is 2.27. The smallest absolute Gasteiger partial charge is 0.276 e. The summed E-state index contributed by atoms with van der Waals surface area (Å²) in [5, 5.41) is 8.49. The van der Waals surface area contributed by atoms with E-state index in [1.807, 2.05) is 0 Å². The number of rotatable bonds is 5. The molecule has 0 aliphatic carbocycles. The van der Waals surface area contributed by atoms with E-state index in [9.17, 15) is 22.0 Å². The molecular weight excluding hydrogens is 400 g/mol. The summed E-state index contributed by atoms with van der Waals surface area (Å²) in [5.74, 6) is -2.95. The number of nitrogens with two attached hydrogens (primary N) is 2. The van der Waals surface area contributed by atoms with Crippen molar-refractivity contribution in [2.75, 3.05) is 24.1 Å². The first-order valence-electron chi connectivity index (χ1n) is 7.96. The number of benzene rings is 1. The molecule has 0 saturated carbocycles. The molecule has 146 valence electrons. The zero-order chi connectivity index (χ0) is 19.8. The Kier molecular flexibility index (Phi) is 5.42. The molecule has 1 aliphatic rings. The number of thiazole rings is 1. The number of piperidine rings is 1. The molecule has 0 unspecified atom stereocenters. The molecule has 27 heavy (non-hydrogen) atoms. The second kappa shape index (κ2) is 7.46. The van der Waals surface area contributed by atoms with Gasteiger partial charge in [-0.1, -0.05) is 17.4 Å². The number of nitrogens with one attached hydrogen (secondary N) is 1. The topological polar surface area (TPSA) is 131 Å².